The molecule has 3 rings (SSSR count). The average molecular weight is 365 g/mol. The minimum atomic E-state index is -0.201. The lowest BCUT2D eigenvalue weighted by Gasteiger charge is -2.06. The van der Waals surface area contributed by atoms with Crippen molar-refractivity contribution in [3.8, 4) is 0 Å². The van der Waals surface area contributed by atoms with Crippen LogP contribution in [0.25, 0.3) is 16.3 Å². The fraction of sp³-hybridized carbons (Fsp3) is 0.150. The predicted molar refractivity (Wildman–Crippen MR) is 105 cm³/mol. The zero-order valence-corrected chi connectivity index (χ0v) is 15.2. The van der Waals surface area contributed by atoms with Crippen LogP contribution in [-0.4, -0.2) is 23.3 Å². The van der Waals surface area contributed by atoms with Gasteiger partial charge in [0.2, 0.25) is 5.91 Å². The highest BCUT2D eigenvalue weighted by Gasteiger charge is 2.05. The van der Waals surface area contributed by atoms with Crippen LogP contribution in [0.4, 0.5) is 0 Å². The minimum Gasteiger partial charge on any atom is -0.352 e. The fourth-order valence-corrected chi connectivity index (χ4v) is 3.31. The van der Waals surface area contributed by atoms with Gasteiger partial charge in [-0.05, 0) is 42.8 Å². The molecule has 0 spiro atoms. The lowest BCUT2D eigenvalue weighted by atomic mass is 10.1. The molecule has 1 heterocycles. The molecule has 2 aromatic carbocycles. The van der Waals surface area contributed by atoms with E-state index in [-0.39, 0.29) is 11.8 Å². The zero-order valence-electron chi connectivity index (χ0n) is 14.4. The van der Waals surface area contributed by atoms with Gasteiger partial charge in [0.1, 0.15) is 5.01 Å². The molecule has 0 aliphatic rings. The number of hydrogen-bond donors (Lipinski definition) is 2. The monoisotopic (exact) mass is 365 g/mol. The first-order valence-electron chi connectivity index (χ1n) is 8.34. The van der Waals surface area contributed by atoms with Crippen LogP contribution in [0.2, 0.25) is 0 Å². The van der Waals surface area contributed by atoms with Crippen LogP contribution in [-0.2, 0) is 11.3 Å². The second-order valence-electron chi connectivity index (χ2n) is 5.63. The number of carbonyl (C=O) groups is 2. The van der Waals surface area contributed by atoms with Crippen LogP contribution in [0, 0.1) is 0 Å². The van der Waals surface area contributed by atoms with E-state index in [1.807, 2.05) is 43.3 Å². The first-order chi connectivity index (χ1) is 12.7. The Kier molecular flexibility index (Phi) is 5.76. The number of para-hydroxylation sites is 1. The molecule has 132 valence electrons. The number of hydrogen-bond acceptors (Lipinski definition) is 4. The summed E-state index contributed by atoms with van der Waals surface area (Å²) in [6.07, 6.45) is 3.19. The van der Waals surface area contributed by atoms with E-state index in [0.717, 1.165) is 20.8 Å². The largest absolute Gasteiger partial charge is 0.352 e. The molecular weight excluding hydrogens is 346 g/mol. The van der Waals surface area contributed by atoms with Gasteiger partial charge >= 0.3 is 0 Å². The lowest BCUT2D eigenvalue weighted by molar-refractivity contribution is -0.116. The van der Waals surface area contributed by atoms with Gasteiger partial charge in [0, 0.05) is 24.7 Å². The third-order valence-corrected chi connectivity index (χ3v) is 4.68. The maximum absolute atomic E-state index is 12.0. The van der Waals surface area contributed by atoms with E-state index in [4.69, 9.17) is 0 Å². The number of benzene rings is 2. The fourth-order valence-electron chi connectivity index (χ4n) is 2.44. The van der Waals surface area contributed by atoms with Crippen molar-refractivity contribution < 1.29 is 9.59 Å². The van der Waals surface area contributed by atoms with Crippen LogP contribution < -0.4 is 10.6 Å². The van der Waals surface area contributed by atoms with Crippen LogP contribution in [0.15, 0.2) is 54.6 Å². The molecule has 0 unspecified atom stereocenters. The molecular formula is C20H19N3O2S. The first kappa shape index (κ1) is 17.8. The van der Waals surface area contributed by atoms with E-state index in [9.17, 15) is 9.59 Å². The number of carbonyl (C=O) groups excluding carboxylic acids is 2. The van der Waals surface area contributed by atoms with Gasteiger partial charge in [-0.3, -0.25) is 9.59 Å². The highest BCUT2D eigenvalue weighted by Crippen LogP contribution is 2.22. The molecule has 0 saturated carbocycles. The standard InChI is InChI=1S/C20H19N3O2S/c1-2-21-20(25)15-7-5-6-14(12-15)13-22-18(24)10-11-19-23-16-8-3-4-9-17(16)26-19/h3-12H,2,13H2,1H3,(H,21,25)(H,22,24)/b11-10+. The zero-order chi connectivity index (χ0) is 18.4. The predicted octanol–water partition coefficient (Wildman–Crippen LogP) is 3.38. The summed E-state index contributed by atoms with van der Waals surface area (Å²) in [7, 11) is 0. The Hall–Kier alpha value is -2.99. The molecule has 0 saturated heterocycles. The van der Waals surface area contributed by atoms with Gasteiger partial charge in [-0.1, -0.05) is 24.3 Å². The smallest absolute Gasteiger partial charge is 0.251 e. The molecule has 0 atom stereocenters. The SMILES string of the molecule is CCNC(=O)c1cccc(CNC(=O)/C=C/c2nc3ccccc3s2)c1. The minimum absolute atomic E-state index is 0.114. The lowest BCUT2D eigenvalue weighted by Crippen LogP contribution is -2.23. The number of fused-ring (bicyclic) bond motifs is 1. The molecule has 3 aromatic rings. The van der Waals surface area contributed by atoms with E-state index < -0.39 is 0 Å². The summed E-state index contributed by atoms with van der Waals surface area (Å²) < 4.78 is 1.09. The van der Waals surface area contributed by atoms with E-state index in [0.29, 0.717) is 18.7 Å². The Balaban J connectivity index is 1.58. The third kappa shape index (κ3) is 4.55. The van der Waals surface area contributed by atoms with Crippen molar-refractivity contribution in [3.05, 3.63) is 70.7 Å². The van der Waals surface area contributed by atoms with Gasteiger partial charge in [-0.2, -0.15) is 0 Å². The summed E-state index contributed by atoms with van der Waals surface area (Å²) in [5.74, 6) is -0.316. The van der Waals surface area contributed by atoms with Crippen molar-refractivity contribution in [2.24, 2.45) is 0 Å². The third-order valence-electron chi connectivity index (χ3n) is 3.68. The van der Waals surface area contributed by atoms with Crippen molar-refractivity contribution in [2.75, 3.05) is 6.54 Å². The molecule has 0 aliphatic heterocycles. The van der Waals surface area contributed by atoms with Crippen LogP contribution in [0.3, 0.4) is 0 Å². The van der Waals surface area contributed by atoms with Crippen molar-refractivity contribution in [1.29, 1.82) is 0 Å². The maximum Gasteiger partial charge on any atom is 0.251 e. The van der Waals surface area contributed by atoms with Gasteiger partial charge < -0.3 is 10.6 Å². The summed E-state index contributed by atoms with van der Waals surface area (Å²) >= 11 is 1.54. The van der Waals surface area contributed by atoms with Gasteiger partial charge in [0.05, 0.1) is 10.2 Å². The highest BCUT2D eigenvalue weighted by atomic mass is 32.1. The molecule has 6 heteroatoms. The Bertz CT molecular complexity index is 929. The first-order valence-corrected chi connectivity index (χ1v) is 9.16. The van der Waals surface area contributed by atoms with Gasteiger partial charge in [-0.25, -0.2) is 4.98 Å². The Labute approximate surface area is 155 Å². The molecule has 0 fully saturated rings. The molecule has 1 aromatic heterocycles. The summed E-state index contributed by atoms with van der Waals surface area (Å²) in [5.41, 5.74) is 2.39. The summed E-state index contributed by atoms with van der Waals surface area (Å²) in [5, 5.41) is 6.37. The number of amides is 2. The number of rotatable bonds is 6. The van der Waals surface area contributed by atoms with Crippen molar-refractivity contribution in [1.82, 2.24) is 15.6 Å². The number of nitrogens with zero attached hydrogens (tertiary/aromatic N) is 1. The molecule has 26 heavy (non-hydrogen) atoms. The number of thiazole rings is 1. The summed E-state index contributed by atoms with van der Waals surface area (Å²) in [6.45, 7) is 2.81. The van der Waals surface area contributed by atoms with E-state index in [2.05, 4.69) is 15.6 Å². The molecule has 0 radical (unpaired) electrons. The molecule has 0 aliphatic carbocycles. The maximum atomic E-state index is 12.0. The van der Waals surface area contributed by atoms with E-state index >= 15 is 0 Å². The van der Waals surface area contributed by atoms with Gasteiger partial charge in [-0.15, -0.1) is 11.3 Å². The normalized spacial score (nSPS) is 11.0. The van der Waals surface area contributed by atoms with Crippen LogP contribution in [0.1, 0.15) is 27.9 Å². The van der Waals surface area contributed by atoms with Crippen LogP contribution in [0.5, 0.6) is 0 Å². The van der Waals surface area contributed by atoms with E-state index in [1.165, 1.54) is 6.08 Å². The average Bonchev–Trinajstić information content (AvgIpc) is 3.08. The number of nitrogens with one attached hydrogen (secondary N) is 2. The van der Waals surface area contributed by atoms with Crippen molar-refractivity contribution in [2.45, 2.75) is 13.5 Å². The quantitative estimate of drug-likeness (QED) is 0.658. The molecule has 0 bridgehead atoms. The van der Waals surface area contributed by atoms with Crippen molar-refractivity contribution >= 4 is 39.4 Å². The second-order valence-corrected chi connectivity index (χ2v) is 6.69. The summed E-state index contributed by atoms with van der Waals surface area (Å²) in [4.78, 5) is 28.3. The summed E-state index contributed by atoms with van der Waals surface area (Å²) in [6, 6.07) is 15.1. The molecule has 2 N–H and O–H groups in total. The van der Waals surface area contributed by atoms with E-state index in [1.54, 1.807) is 29.5 Å². The Morgan fingerprint density at radius 2 is 1.96 bits per heavy atom. The molecule has 5 nitrogen and oxygen atoms in total. The Morgan fingerprint density at radius 3 is 2.77 bits per heavy atom. The number of aromatic nitrogens is 1. The van der Waals surface area contributed by atoms with Gasteiger partial charge in [0.25, 0.3) is 5.91 Å². The highest BCUT2D eigenvalue weighted by molar-refractivity contribution is 7.19. The topological polar surface area (TPSA) is 71.1 Å². The van der Waals surface area contributed by atoms with Crippen molar-refractivity contribution in [3.63, 3.8) is 0 Å². The second kappa shape index (κ2) is 8.40. The Morgan fingerprint density at radius 1 is 1.12 bits per heavy atom. The molecule has 2 amide bonds. The van der Waals surface area contributed by atoms with Gasteiger partial charge in [0.15, 0.2) is 0 Å². The van der Waals surface area contributed by atoms with Crippen LogP contribution >= 0.6 is 11.3 Å².